The van der Waals surface area contributed by atoms with Gasteiger partial charge in [-0.3, -0.25) is 4.79 Å². The Morgan fingerprint density at radius 3 is 2.66 bits per heavy atom. The van der Waals surface area contributed by atoms with E-state index in [0.717, 1.165) is 46.1 Å². The molecule has 3 rings (SSSR count). The van der Waals surface area contributed by atoms with Crippen molar-refractivity contribution in [1.29, 1.82) is 0 Å². The van der Waals surface area contributed by atoms with Crippen molar-refractivity contribution >= 4 is 22.4 Å². The number of benzene rings is 2. The smallest absolute Gasteiger partial charge is 0.244 e. The van der Waals surface area contributed by atoms with Gasteiger partial charge in [-0.2, -0.15) is 0 Å². The third-order valence-corrected chi connectivity index (χ3v) is 5.17. The number of carbonyl (C=O) groups is 1. The number of rotatable bonds is 7. The molecule has 152 valence electrons. The Morgan fingerprint density at radius 2 is 1.97 bits per heavy atom. The molecule has 0 unspecified atom stereocenters. The van der Waals surface area contributed by atoms with E-state index >= 15 is 0 Å². The molecular weight excluding hydrogens is 362 g/mol. The first-order valence-electron chi connectivity index (χ1n) is 10.1. The van der Waals surface area contributed by atoms with Crippen molar-refractivity contribution in [3.8, 4) is 16.9 Å². The van der Waals surface area contributed by atoms with Crippen LogP contribution < -0.4 is 10.1 Å². The van der Waals surface area contributed by atoms with E-state index in [-0.39, 0.29) is 5.91 Å². The lowest BCUT2D eigenvalue weighted by Crippen LogP contribution is -2.22. The number of fused-ring (bicyclic) bond motifs is 1. The summed E-state index contributed by atoms with van der Waals surface area (Å²) in [7, 11) is 1.63. The van der Waals surface area contributed by atoms with Crippen molar-refractivity contribution in [1.82, 2.24) is 5.32 Å². The minimum Gasteiger partial charge on any atom is -0.496 e. The summed E-state index contributed by atoms with van der Waals surface area (Å²) in [4.78, 5) is 12.2. The molecule has 1 N–H and O–H groups in total. The fourth-order valence-corrected chi connectivity index (χ4v) is 3.57. The van der Waals surface area contributed by atoms with Crippen molar-refractivity contribution in [3.63, 3.8) is 0 Å². The van der Waals surface area contributed by atoms with Gasteiger partial charge < -0.3 is 14.5 Å². The number of ether oxygens (including phenoxy) is 1. The maximum absolute atomic E-state index is 12.2. The molecule has 1 aromatic heterocycles. The fraction of sp³-hybridized carbons (Fsp3) is 0.320. The van der Waals surface area contributed by atoms with E-state index in [1.165, 1.54) is 11.1 Å². The molecule has 0 aliphatic rings. The van der Waals surface area contributed by atoms with E-state index in [1.807, 2.05) is 13.0 Å². The van der Waals surface area contributed by atoms with Gasteiger partial charge in [-0.05, 0) is 50.0 Å². The molecule has 0 aliphatic carbocycles. The third-order valence-electron chi connectivity index (χ3n) is 5.17. The van der Waals surface area contributed by atoms with Gasteiger partial charge in [0.25, 0.3) is 0 Å². The van der Waals surface area contributed by atoms with E-state index in [9.17, 15) is 4.79 Å². The summed E-state index contributed by atoms with van der Waals surface area (Å²) in [5.74, 6) is 0.606. The van der Waals surface area contributed by atoms with Crippen LogP contribution in [0.2, 0.25) is 0 Å². The third kappa shape index (κ3) is 4.53. The fourth-order valence-electron chi connectivity index (χ4n) is 3.57. The van der Waals surface area contributed by atoms with Crippen LogP contribution in [0.3, 0.4) is 0 Å². The molecule has 0 spiro atoms. The van der Waals surface area contributed by atoms with Crippen molar-refractivity contribution < 1.29 is 13.9 Å². The second kappa shape index (κ2) is 8.99. The Bertz CT molecular complexity index is 1060. The standard InChI is InChI=1S/C25H29NO3/c1-6-7-10-26-25(27)12-18(4)20-13-21-22(15-29-24(21)14-23(20)28-5)19-9-8-16(2)11-17(19)3/h8-9,11-15H,6-7,10H2,1-5H3,(H,26,27)/b18-12+. The van der Waals surface area contributed by atoms with Gasteiger partial charge in [0.15, 0.2) is 0 Å². The molecule has 1 amide bonds. The van der Waals surface area contributed by atoms with Crippen LogP contribution in [-0.2, 0) is 4.79 Å². The van der Waals surface area contributed by atoms with Crippen molar-refractivity contribution in [2.45, 2.75) is 40.5 Å². The first-order valence-corrected chi connectivity index (χ1v) is 10.1. The number of allylic oxidation sites excluding steroid dienone is 1. The van der Waals surface area contributed by atoms with Crippen LogP contribution in [0.25, 0.3) is 27.7 Å². The van der Waals surface area contributed by atoms with Crippen molar-refractivity contribution in [2.75, 3.05) is 13.7 Å². The quantitative estimate of drug-likeness (QED) is 0.394. The van der Waals surface area contributed by atoms with Crippen LogP contribution >= 0.6 is 0 Å². The Hall–Kier alpha value is -3.01. The number of unbranched alkanes of at least 4 members (excludes halogenated alkanes) is 1. The van der Waals surface area contributed by atoms with Crippen LogP contribution in [0, 0.1) is 13.8 Å². The summed E-state index contributed by atoms with van der Waals surface area (Å²) in [5, 5.41) is 3.94. The zero-order chi connectivity index (χ0) is 21.0. The van der Waals surface area contributed by atoms with Crippen molar-refractivity contribution in [2.24, 2.45) is 0 Å². The molecule has 1 heterocycles. The maximum Gasteiger partial charge on any atom is 0.244 e. The molecule has 0 saturated heterocycles. The number of hydrogen-bond donors (Lipinski definition) is 1. The summed E-state index contributed by atoms with van der Waals surface area (Å²) < 4.78 is 11.4. The van der Waals surface area contributed by atoms with E-state index in [2.05, 4.69) is 50.4 Å². The minimum atomic E-state index is -0.0834. The number of methoxy groups -OCH3 is 1. The molecule has 0 atom stereocenters. The molecular formula is C25H29NO3. The number of carbonyl (C=O) groups excluding carboxylic acids is 1. The number of nitrogens with one attached hydrogen (secondary N) is 1. The lowest BCUT2D eigenvalue weighted by atomic mass is 9.96. The van der Waals surface area contributed by atoms with E-state index in [4.69, 9.17) is 9.15 Å². The maximum atomic E-state index is 12.2. The van der Waals surface area contributed by atoms with Gasteiger partial charge in [0.2, 0.25) is 5.91 Å². The van der Waals surface area contributed by atoms with Gasteiger partial charge in [-0.1, -0.05) is 37.1 Å². The molecule has 0 saturated carbocycles. The Morgan fingerprint density at radius 1 is 1.17 bits per heavy atom. The number of hydrogen-bond acceptors (Lipinski definition) is 3. The largest absolute Gasteiger partial charge is 0.496 e. The van der Waals surface area contributed by atoms with Crippen LogP contribution in [0.5, 0.6) is 5.75 Å². The highest BCUT2D eigenvalue weighted by atomic mass is 16.5. The summed E-state index contributed by atoms with van der Waals surface area (Å²) >= 11 is 0. The topological polar surface area (TPSA) is 51.5 Å². The van der Waals surface area contributed by atoms with Gasteiger partial charge in [0.05, 0.1) is 13.4 Å². The zero-order valence-corrected chi connectivity index (χ0v) is 17.9. The highest BCUT2D eigenvalue weighted by molar-refractivity contribution is 6.00. The lowest BCUT2D eigenvalue weighted by Gasteiger charge is -2.11. The minimum absolute atomic E-state index is 0.0834. The SMILES string of the molecule is CCCCNC(=O)/C=C(\C)c1cc2c(-c3ccc(C)cc3C)coc2cc1OC. The molecule has 0 fully saturated rings. The lowest BCUT2D eigenvalue weighted by molar-refractivity contribution is -0.116. The number of aryl methyl sites for hydroxylation is 2. The van der Waals surface area contributed by atoms with E-state index in [0.29, 0.717) is 12.3 Å². The van der Waals surface area contributed by atoms with E-state index in [1.54, 1.807) is 19.4 Å². The van der Waals surface area contributed by atoms with Crippen LogP contribution in [0.15, 0.2) is 47.1 Å². The average molecular weight is 392 g/mol. The van der Waals surface area contributed by atoms with Crippen molar-refractivity contribution in [3.05, 3.63) is 59.4 Å². The first kappa shape index (κ1) is 20.7. The van der Waals surface area contributed by atoms with Gasteiger partial charge >= 0.3 is 0 Å². The molecule has 0 radical (unpaired) electrons. The Labute approximate surface area is 172 Å². The second-order valence-corrected chi connectivity index (χ2v) is 7.49. The Balaban J connectivity index is 2.04. The number of furan rings is 1. The second-order valence-electron chi connectivity index (χ2n) is 7.49. The van der Waals surface area contributed by atoms with Gasteiger partial charge in [0.1, 0.15) is 11.3 Å². The average Bonchev–Trinajstić information content (AvgIpc) is 3.09. The summed E-state index contributed by atoms with van der Waals surface area (Å²) in [6.45, 7) is 8.92. The molecule has 0 bridgehead atoms. The normalized spacial score (nSPS) is 11.7. The van der Waals surface area contributed by atoms with Crippen LogP contribution in [-0.4, -0.2) is 19.6 Å². The number of amides is 1. The molecule has 29 heavy (non-hydrogen) atoms. The zero-order valence-electron chi connectivity index (χ0n) is 17.9. The summed E-state index contributed by atoms with van der Waals surface area (Å²) in [6, 6.07) is 10.4. The van der Waals surface area contributed by atoms with Gasteiger partial charge in [-0.25, -0.2) is 0 Å². The molecule has 3 aromatic rings. The molecule has 4 heteroatoms. The highest BCUT2D eigenvalue weighted by Crippen LogP contribution is 2.38. The van der Waals surface area contributed by atoms with Gasteiger partial charge in [0, 0.05) is 35.2 Å². The predicted octanol–water partition coefficient (Wildman–Crippen LogP) is 6.04. The first-order chi connectivity index (χ1) is 13.9. The monoisotopic (exact) mass is 391 g/mol. The summed E-state index contributed by atoms with van der Waals surface area (Å²) in [6.07, 6.45) is 5.45. The molecule has 2 aromatic carbocycles. The molecule has 0 aliphatic heterocycles. The van der Waals surface area contributed by atoms with Crippen LogP contribution in [0.1, 0.15) is 43.4 Å². The molecule has 4 nitrogen and oxygen atoms in total. The predicted molar refractivity (Wildman–Crippen MR) is 119 cm³/mol. The van der Waals surface area contributed by atoms with E-state index < -0.39 is 0 Å². The van der Waals surface area contributed by atoms with Crippen LogP contribution in [0.4, 0.5) is 0 Å². The van der Waals surface area contributed by atoms with Gasteiger partial charge in [-0.15, -0.1) is 0 Å². The highest BCUT2D eigenvalue weighted by Gasteiger charge is 2.16. The Kier molecular flexibility index (Phi) is 6.42. The summed E-state index contributed by atoms with van der Waals surface area (Å²) in [5.41, 5.74) is 7.12.